The second-order valence-electron chi connectivity index (χ2n) is 7.63. The third-order valence-electron chi connectivity index (χ3n) is 5.74. The highest BCUT2D eigenvalue weighted by Gasteiger charge is 2.45. The lowest BCUT2D eigenvalue weighted by atomic mass is 9.95. The van der Waals surface area contributed by atoms with E-state index in [9.17, 15) is 4.39 Å². The first kappa shape index (κ1) is 22.7. The molecule has 1 aromatic heterocycles. The molecule has 0 spiro atoms. The molecule has 30 heavy (non-hydrogen) atoms. The molecule has 6 nitrogen and oxygen atoms in total. The Morgan fingerprint density at radius 2 is 1.93 bits per heavy atom. The monoisotopic (exact) mass is 525 g/mol. The Hall–Kier alpha value is -1.94. The van der Waals surface area contributed by atoms with Gasteiger partial charge in [-0.05, 0) is 30.5 Å². The van der Waals surface area contributed by atoms with Gasteiger partial charge in [-0.25, -0.2) is 9.37 Å². The van der Waals surface area contributed by atoms with E-state index in [1.807, 2.05) is 24.4 Å². The summed E-state index contributed by atoms with van der Waals surface area (Å²) in [6.07, 6.45) is 3.80. The van der Waals surface area contributed by atoms with Crippen LogP contribution in [0.2, 0.25) is 0 Å². The highest BCUT2D eigenvalue weighted by Crippen LogP contribution is 2.48. The van der Waals surface area contributed by atoms with Crippen LogP contribution in [0.25, 0.3) is 0 Å². The van der Waals surface area contributed by atoms with Crippen LogP contribution in [0.5, 0.6) is 0 Å². The Balaban J connectivity index is 0.00000256. The quantitative estimate of drug-likeness (QED) is 0.345. The van der Waals surface area contributed by atoms with Crippen molar-refractivity contribution in [1.29, 1.82) is 0 Å². The largest absolute Gasteiger partial charge is 0.378 e. The van der Waals surface area contributed by atoms with Crippen LogP contribution >= 0.6 is 24.0 Å². The first-order chi connectivity index (χ1) is 14.2. The van der Waals surface area contributed by atoms with Crippen LogP contribution in [0.15, 0.2) is 47.6 Å². The average molecular weight is 525 g/mol. The van der Waals surface area contributed by atoms with Gasteiger partial charge in [0, 0.05) is 50.4 Å². The zero-order chi connectivity index (χ0) is 20.1. The number of nitrogens with zero attached hydrogens (tertiary/aromatic N) is 3. The van der Waals surface area contributed by atoms with E-state index in [4.69, 9.17) is 4.74 Å². The van der Waals surface area contributed by atoms with Crippen molar-refractivity contribution in [1.82, 2.24) is 15.6 Å². The van der Waals surface area contributed by atoms with E-state index in [0.29, 0.717) is 19.0 Å². The number of anilines is 1. The predicted octanol–water partition coefficient (Wildman–Crippen LogP) is 3.07. The van der Waals surface area contributed by atoms with Crippen molar-refractivity contribution >= 4 is 35.8 Å². The summed E-state index contributed by atoms with van der Waals surface area (Å²) in [7, 11) is 1.75. The van der Waals surface area contributed by atoms with Crippen LogP contribution in [0.3, 0.4) is 0 Å². The fraction of sp³-hybridized carbons (Fsp3) is 0.455. The number of ether oxygens (including phenoxy) is 1. The summed E-state index contributed by atoms with van der Waals surface area (Å²) in [5, 5.41) is 6.76. The fourth-order valence-electron chi connectivity index (χ4n) is 3.86. The number of rotatable bonds is 6. The van der Waals surface area contributed by atoms with Gasteiger partial charge >= 0.3 is 0 Å². The Morgan fingerprint density at radius 3 is 2.63 bits per heavy atom. The van der Waals surface area contributed by atoms with Crippen LogP contribution in [-0.4, -0.2) is 50.8 Å². The molecule has 2 heterocycles. The third-order valence-corrected chi connectivity index (χ3v) is 5.74. The van der Waals surface area contributed by atoms with Crippen molar-refractivity contribution in [2.75, 3.05) is 44.8 Å². The average Bonchev–Trinajstić information content (AvgIpc) is 3.56. The molecule has 1 aliphatic heterocycles. The Bertz CT molecular complexity index is 868. The van der Waals surface area contributed by atoms with Crippen LogP contribution in [0.4, 0.5) is 10.2 Å². The number of hydrogen-bond donors (Lipinski definition) is 2. The molecule has 0 radical (unpaired) electrons. The van der Waals surface area contributed by atoms with Gasteiger partial charge in [0.25, 0.3) is 0 Å². The summed E-state index contributed by atoms with van der Waals surface area (Å²) < 4.78 is 19.7. The molecule has 1 aromatic carbocycles. The normalized spacial score (nSPS) is 17.8. The molecule has 0 atom stereocenters. The number of halogens is 2. The molecule has 2 aliphatic rings. The van der Waals surface area contributed by atoms with E-state index in [0.717, 1.165) is 56.1 Å². The van der Waals surface area contributed by atoms with Gasteiger partial charge < -0.3 is 20.3 Å². The topological polar surface area (TPSA) is 61.8 Å². The van der Waals surface area contributed by atoms with Gasteiger partial charge in [-0.1, -0.05) is 24.3 Å². The number of aliphatic imine (C=N–C) groups is 1. The van der Waals surface area contributed by atoms with Crippen LogP contribution in [0, 0.1) is 5.82 Å². The number of guanidine groups is 1. The minimum absolute atomic E-state index is 0. The smallest absolute Gasteiger partial charge is 0.191 e. The molecule has 2 N–H and O–H groups in total. The lowest BCUT2D eigenvalue weighted by Crippen LogP contribution is -2.42. The predicted molar refractivity (Wildman–Crippen MR) is 128 cm³/mol. The summed E-state index contributed by atoms with van der Waals surface area (Å²) in [5.74, 6) is 1.58. The lowest BCUT2D eigenvalue weighted by Gasteiger charge is -2.29. The van der Waals surface area contributed by atoms with E-state index >= 15 is 0 Å². The van der Waals surface area contributed by atoms with Crippen molar-refractivity contribution in [2.24, 2.45) is 4.99 Å². The lowest BCUT2D eigenvalue weighted by molar-refractivity contribution is 0.122. The Kier molecular flexibility index (Phi) is 7.87. The molecule has 4 rings (SSSR count). The van der Waals surface area contributed by atoms with E-state index in [-0.39, 0.29) is 35.2 Å². The molecular weight excluding hydrogens is 496 g/mol. The van der Waals surface area contributed by atoms with Crippen molar-refractivity contribution in [2.45, 2.75) is 24.8 Å². The number of benzene rings is 1. The van der Waals surface area contributed by atoms with Crippen LogP contribution in [0.1, 0.15) is 24.0 Å². The molecule has 2 aromatic rings. The Labute approximate surface area is 194 Å². The highest BCUT2D eigenvalue weighted by atomic mass is 127. The zero-order valence-electron chi connectivity index (χ0n) is 17.2. The molecule has 8 heteroatoms. The standard InChI is InChI=1S/C22H28FN5O.HI/c1-24-21(27-16-22(8-9-22)18-6-2-3-7-19(18)23)26-15-17-5-4-10-25-20(17)28-11-13-29-14-12-28;/h2-7,10H,8-9,11-16H2,1H3,(H2,24,26,27);1H. The van der Waals surface area contributed by atoms with E-state index in [1.165, 1.54) is 6.07 Å². The maximum absolute atomic E-state index is 14.2. The van der Waals surface area contributed by atoms with Crippen molar-refractivity contribution in [3.63, 3.8) is 0 Å². The number of morpholine rings is 1. The van der Waals surface area contributed by atoms with Gasteiger partial charge in [0.2, 0.25) is 0 Å². The second kappa shape index (κ2) is 10.4. The highest BCUT2D eigenvalue weighted by molar-refractivity contribution is 14.0. The minimum Gasteiger partial charge on any atom is -0.378 e. The summed E-state index contributed by atoms with van der Waals surface area (Å²) >= 11 is 0. The summed E-state index contributed by atoms with van der Waals surface area (Å²) in [5.41, 5.74) is 1.79. The van der Waals surface area contributed by atoms with Crippen LogP contribution in [-0.2, 0) is 16.7 Å². The van der Waals surface area contributed by atoms with Gasteiger partial charge in [0.05, 0.1) is 13.2 Å². The molecular formula is C22H29FIN5O. The number of aromatic nitrogens is 1. The second-order valence-corrected chi connectivity index (χ2v) is 7.63. The van der Waals surface area contributed by atoms with Crippen molar-refractivity contribution in [3.05, 3.63) is 59.5 Å². The molecule has 1 saturated heterocycles. The Morgan fingerprint density at radius 1 is 1.17 bits per heavy atom. The summed E-state index contributed by atoms with van der Waals surface area (Å²) in [6.45, 7) is 4.43. The van der Waals surface area contributed by atoms with Gasteiger partial charge in [-0.15, -0.1) is 24.0 Å². The molecule has 2 fully saturated rings. The van der Waals surface area contributed by atoms with E-state index < -0.39 is 0 Å². The zero-order valence-corrected chi connectivity index (χ0v) is 19.6. The van der Waals surface area contributed by atoms with Gasteiger partial charge in [0.15, 0.2) is 5.96 Å². The first-order valence-electron chi connectivity index (χ1n) is 10.2. The van der Waals surface area contributed by atoms with Gasteiger partial charge in [-0.2, -0.15) is 0 Å². The first-order valence-corrected chi connectivity index (χ1v) is 10.2. The molecule has 0 unspecified atom stereocenters. The third kappa shape index (κ3) is 5.21. The summed E-state index contributed by atoms with van der Waals surface area (Å²) in [6, 6.07) is 11.1. The van der Waals surface area contributed by atoms with E-state index in [2.05, 4.69) is 31.6 Å². The van der Waals surface area contributed by atoms with Crippen molar-refractivity contribution in [3.8, 4) is 0 Å². The molecule has 162 valence electrons. The molecule has 1 aliphatic carbocycles. The number of hydrogen-bond acceptors (Lipinski definition) is 4. The van der Waals surface area contributed by atoms with Gasteiger partial charge in [-0.3, -0.25) is 4.99 Å². The van der Waals surface area contributed by atoms with Crippen LogP contribution < -0.4 is 15.5 Å². The fourth-order valence-corrected chi connectivity index (χ4v) is 3.86. The van der Waals surface area contributed by atoms with Crippen molar-refractivity contribution < 1.29 is 9.13 Å². The molecule has 0 amide bonds. The minimum atomic E-state index is -0.129. The maximum atomic E-state index is 14.2. The number of nitrogens with one attached hydrogen (secondary N) is 2. The molecule has 1 saturated carbocycles. The van der Waals surface area contributed by atoms with E-state index in [1.54, 1.807) is 13.1 Å². The van der Waals surface area contributed by atoms with Gasteiger partial charge in [0.1, 0.15) is 11.6 Å². The maximum Gasteiger partial charge on any atom is 0.191 e. The molecule has 0 bridgehead atoms. The number of pyridine rings is 1. The SMILES string of the molecule is CN=C(NCc1cccnc1N1CCOCC1)NCC1(c2ccccc2F)CC1.I. The summed E-state index contributed by atoms with van der Waals surface area (Å²) in [4.78, 5) is 11.2.